The molecule has 1 aromatic heterocycles. The topological polar surface area (TPSA) is 70.4 Å². The summed E-state index contributed by atoms with van der Waals surface area (Å²) >= 11 is 3.23. The predicted octanol–water partition coefficient (Wildman–Crippen LogP) is 3.67. The molecule has 0 amide bonds. The normalized spacial score (nSPS) is 23.0. The van der Waals surface area contributed by atoms with Gasteiger partial charge in [-0.1, -0.05) is 28.4 Å². The zero-order valence-corrected chi connectivity index (χ0v) is 15.8. The minimum atomic E-state index is -0.873. The van der Waals surface area contributed by atoms with Crippen molar-refractivity contribution in [2.45, 2.75) is 44.3 Å². The SMILES string of the molecule is O=C(C[C@H]1CCC[C@H](O)[C@@H]1O)c1ccncc1Cc1ccc(Br)cc1F. The Morgan fingerprint density at radius 1 is 1.23 bits per heavy atom. The number of nitrogens with zero attached hydrogens (tertiary/aromatic N) is 1. The summed E-state index contributed by atoms with van der Waals surface area (Å²) in [6.07, 6.45) is 3.99. The van der Waals surface area contributed by atoms with Crippen LogP contribution in [0.1, 0.15) is 47.2 Å². The van der Waals surface area contributed by atoms with Gasteiger partial charge in [-0.25, -0.2) is 4.39 Å². The highest BCUT2D eigenvalue weighted by Crippen LogP contribution is 2.29. The first-order valence-corrected chi connectivity index (χ1v) is 9.51. The van der Waals surface area contributed by atoms with Crippen molar-refractivity contribution >= 4 is 21.7 Å². The molecule has 1 aromatic carbocycles. The summed E-state index contributed by atoms with van der Waals surface area (Å²) in [7, 11) is 0. The van der Waals surface area contributed by atoms with Crippen molar-refractivity contribution in [1.82, 2.24) is 4.98 Å². The van der Waals surface area contributed by atoms with E-state index in [1.165, 1.54) is 6.07 Å². The molecule has 4 nitrogen and oxygen atoms in total. The number of aliphatic hydroxyl groups excluding tert-OH is 2. The quantitative estimate of drug-likeness (QED) is 0.722. The number of hydrogen-bond donors (Lipinski definition) is 2. The van der Waals surface area contributed by atoms with Crippen LogP contribution in [0.2, 0.25) is 0 Å². The maximum Gasteiger partial charge on any atom is 0.163 e. The van der Waals surface area contributed by atoms with Crippen LogP contribution in [0.25, 0.3) is 0 Å². The highest BCUT2D eigenvalue weighted by atomic mass is 79.9. The van der Waals surface area contributed by atoms with E-state index < -0.39 is 12.2 Å². The molecular formula is C20H21BrFNO3. The number of carbonyl (C=O) groups is 1. The first-order valence-electron chi connectivity index (χ1n) is 8.72. The molecule has 6 heteroatoms. The fourth-order valence-electron chi connectivity index (χ4n) is 3.53. The molecule has 0 bridgehead atoms. The Bertz CT molecular complexity index is 798. The van der Waals surface area contributed by atoms with Crippen LogP contribution >= 0.6 is 15.9 Å². The molecule has 1 heterocycles. The largest absolute Gasteiger partial charge is 0.390 e. The fraction of sp³-hybridized carbons (Fsp3) is 0.400. The van der Waals surface area contributed by atoms with Gasteiger partial charge in [0.05, 0.1) is 12.2 Å². The smallest absolute Gasteiger partial charge is 0.163 e. The van der Waals surface area contributed by atoms with Crippen molar-refractivity contribution in [2.24, 2.45) is 5.92 Å². The van der Waals surface area contributed by atoms with E-state index in [0.717, 1.165) is 6.42 Å². The van der Waals surface area contributed by atoms with Crippen LogP contribution in [0, 0.1) is 11.7 Å². The van der Waals surface area contributed by atoms with Gasteiger partial charge < -0.3 is 10.2 Å². The van der Waals surface area contributed by atoms with E-state index in [-0.39, 0.29) is 30.4 Å². The van der Waals surface area contributed by atoms with Gasteiger partial charge in [0.2, 0.25) is 0 Å². The molecule has 2 N–H and O–H groups in total. The van der Waals surface area contributed by atoms with Gasteiger partial charge in [-0.15, -0.1) is 0 Å². The summed E-state index contributed by atoms with van der Waals surface area (Å²) in [5, 5.41) is 19.9. The lowest BCUT2D eigenvalue weighted by molar-refractivity contribution is -0.0445. The number of carbonyl (C=O) groups excluding carboxylic acids is 1. The van der Waals surface area contributed by atoms with E-state index in [4.69, 9.17) is 0 Å². The number of rotatable bonds is 5. The van der Waals surface area contributed by atoms with E-state index in [9.17, 15) is 19.4 Å². The number of hydrogen-bond acceptors (Lipinski definition) is 4. The minimum Gasteiger partial charge on any atom is -0.390 e. The Hall–Kier alpha value is -1.63. The summed E-state index contributed by atoms with van der Waals surface area (Å²) in [5.41, 5.74) is 1.64. The zero-order chi connectivity index (χ0) is 18.7. The second-order valence-corrected chi connectivity index (χ2v) is 7.74. The summed E-state index contributed by atoms with van der Waals surface area (Å²) in [4.78, 5) is 16.9. The van der Waals surface area contributed by atoms with Crippen LogP contribution in [-0.2, 0) is 6.42 Å². The van der Waals surface area contributed by atoms with Crippen LogP contribution in [-0.4, -0.2) is 33.2 Å². The van der Waals surface area contributed by atoms with Crippen molar-refractivity contribution in [2.75, 3.05) is 0 Å². The minimum absolute atomic E-state index is 0.113. The third-order valence-corrected chi connectivity index (χ3v) is 5.49. The monoisotopic (exact) mass is 421 g/mol. The molecule has 1 aliphatic rings. The zero-order valence-electron chi connectivity index (χ0n) is 14.2. The molecule has 0 radical (unpaired) electrons. The maximum atomic E-state index is 14.1. The Balaban J connectivity index is 1.79. The van der Waals surface area contributed by atoms with Crippen LogP contribution in [0.3, 0.4) is 0 Å². The van der Waals surface area contributed by atoms with Gasteiger partial charge in [0.15, 0.2) is 5.78 Å². The Morgan fingerprint density at radius 2 is 2.04 bits per heavy atom. The number of ketones is 1. The van der Waals surface area contributed by atoms with E-state index in [0.29, 0.717) is 34.0 Å². The summed E-state index contributed by atoms with van der Waals surface area (Å²) in [5.74, 6) is -0.706. The first kappa shape index (κ1) is 19.1. The van der Waals surface area contributed by atoms with E-state index in [1.807, 2.05) is 0 Å². The highest BCUT2D eigenvalue weighted by molar-refractivity contribution is 9.10. The second-order valence-electron chi connectivity index (χ2n) is 6.82. The van der Waals surface area contributed by atoms with Gasteiger partial charge in [-0.2, -0.15) is 0 Å². The van der Waals surface area contributed by atoms with E-state index in [1.54, 1.807) is 30.6 Å². The molecule has 3 atom stereocenters. The third-order valence-electron chi connectivity index (χ3n) is 5.00. The maximum absolute atomic E-state index is 14.1. The highest BCUT2D eigenvalue weighted by Gasteiger charge is 2.32. The first-order chi connectivity index (χ1) is 12.5. The third kappa shape index (κ3) is 4.37. The number of aromatic nitrogens is 1. The van der Waals surface area contributed by atoms with Gasteiger partial charge >= 0.3 is 0 Å². The van der Waals surface area contributed by atoms with Gasteiger partial charge in [0.25, 0.3) is 0 Å². The lowest BCUT2D eigenvalue weighted by Gasteiger charge is -2.31. The average Bonchev–Trinajstić information content (AvgIpc) is 2.62. The van der Waals surface area contributed by atoms with Crippen molar-refractivity contribution in [3.8, 4) is 0 Å². The summed E-state index contributed by atoms with van der Waals surface area (Å²) in [6, 6.07) is 6.48. The lowest BCUT2D eigenvalue weighted by Crippen LogP contribution is -2.38. The molecule has 138 valence electrons. The molecule has 0 spiro atoms. The molecule has 1 aliphatic carbocycles. The summed E-state index contributed by atoms with van der Waals surface area (Å²) < 4.78 is 14.8. The van der Waals surface area contributed by atoms with Gasteiger partial charge in [-0.3, -0.25) is 9.78 Å². The number of aliphatic hydroxyl groups is 2. The Labute approximate surface area is 160 Å². The van der Waals surface area contributed by atoms with Gasteiger partial charge in [0, 0.05) is 35.3 Å². The second kappa shape index (κ2) is 8.37. The van der Waals surface area contributed by atoms with Crippen molar-refractivity contribution in [3.05, 3.63) is 63.6 Å². The standard InChI is InChI=1S/C20H21BrFNO3/c21-15-5-4-12(17(22)10-15)8-14-11-23-7-6-16(14)19(25)9-13-2-1-3-18(24)20(13)26/h4-7,10-11,13,18,20,24,26H,1-3,8-9H2/t13-,18+,20-/m1/s1. The fourth-order valence-corrected chi connectivity index (χ4v) is 3.86. The van der Waals surface area contributed by atoms with Gasteiger partial charge in [0.1, 0.15) is 5.82 Å². The molecule has 0 unspecified atom stereocenters. The van der Waals surface area contributed by atoms with Crippen LogP contribution in [0.5, 0.6) is 0 Å². The van der Waals surface area contributed by atoms with Crippen molar-refractivity contribution < 1.29 is 19.4 Å². The molecule has 1 fully saturated rings. The predicted molar refractivity (Wildman–Crippen MR) is 99.4 cm³/mol. The average molecular weight is 422 g/mol. The molecule has 0 aliphatic heterocycles. The van der Waals surface area contributed by atoms with Crippen molar-refractivity contribution in [1.29, 1.82) is 0 Å². The summed E-state index contributed by atoms with van der Waals surface area (Å²) in [6.45, 7) is 0. The molecule has 2 aromatic rings. The molecule has 3 rings (SSSR count). The van der Waals surface area contributed by atoms with Crippen LogP contribution < -0.4 is 0 Å². The lowest BCUT2D eigenvalue weighted by atomic mass is 9.80. The van der Waals surface area contributed by atoms with Gasteiger partial charge in [-0.05, 0) is 48.1 Å². The van der Waals surface area contributed by atoms with E-state index in [2.05, 4.69) is 20.9 Å². The van der Waals surface area contributed by atoms with Crippen LogP contribution in [0.4, 0.5) is 4.39 Å². The number of pyridine rings is 1. The van der Waals surface area contributed by atoms with Crippen LogP contribution in [0.15, 0.2) is 41.1 Å². The number of halogens is 2. The Morgan fingerprint density at radius 3 is 2.81 bits per heavy atom. The number of benzene rings is 1. The molecular weight excluding hydrogens is 401 g/mol. The Kier molecular flexibility index (Phi) is 6.16. The van der Waals surface area contributed by atoms with Crippen molar-refractivity contribution in [3.63, 3.8) is 0 Å². The molecule has 0 saturated heterocycles. The molecule has 1 saturated carbocycles. The van der Waals surface area contributed by atoms with E-state index >= 15 is 0 Å². The molecule has 26 heavy (non-hydrogen) atoms. The number of Topliss-reactive ketones (excluding diaryl/α,β-unsaturated/α-hetero) is 1.